The molecule has 6 heteroatoms. The van der Waals surface area contributed by atoms with Gasteiger partial charge in [0.2, 0.25) is 5.91 Å². The molecule has 4 rings (SSSR count). The van der Waals surface area contributed by atoms with Crippen LogP contribution < -0.4 is 15.0 Å². The maximum atomic E-state index is 13.0. The Morgan fingerprint density at radius 3 is 2.60 bits per heavy atom. The number of nitrogens with zero attached hydrogens (tertiary/aromatic N) is 2. The van der Waals surface area contributed by atoms with Crippen molar-refractivity contribution in [3.8, 4) is 5.75 Å². The molecule has 158 valence electrons. The molecule has 6 nitrogen and oxygen atoms in total. The third-order valence-electron chi connectivity index (χ3n) is 6.25. The van der Waals surface area contributed by atoms with Crippen LogP contribution in [0.25, 0.3) is 0 Å². The fraction of sp³-hybridized carbons (Fsp3) is 0.417. The molecule has 30 heavy (non-hydrogen) atoms. The van der Waals surface area contributed by atoms with Crippen LogP contribution in [0.15, 0.2) is 48.5 Å². The second-order valence-corrected chi connectivity index (χ2v) is 8.42. The van der Waals surface area contributed by atoms with Gasteiger partial charge in [0, 0.05) is 37.2 Å². The Bertz CT molecular complexity index is 931. The number of methoxy groups -OCH3 is 1. The van der Waals surface area contributed by atoms with Crippen LogP contribution in [0.2, 0.25) is 0 Å². The Labute approximate surface area is 177 Å². The van der Waals surface area contributed by atoms with Gasteiger partial charge in [-0.15, -0.1) is 0 Å². The molecule has 1 unspecified atom stereocenters. The first-order chi connectivity index (χ1) is 14.5. The quantitative estimate of drug-likeness (QED) is 0.817. The molecule has 0 aliphatic carbocycles. The highest BCUT2D eigenvalue weighted by Crippen LogP contribution is 2.36. The number of amides is 3. The maximum Gasteiger partial charge on any atom is 0.321 e. The molecule has 0 radical (unpaired) electrons. The van der Waals surface area contributed by atoms with Crippen molar-refractivity contribution < 1.29 is 14.3 Å². The highest BCUT2D eigenvalue weighted by atomic mass is 16.5. The van der Waals surface area contributed by atoms with E-state index in [1.54, 1.807) is 18.1 Å². The molecule has 3 amide bonds. The molecule has 2 aliphatic rings. The van der Waals surface area contributed by atoms with E-state index in [1.807, 2.05) is 23.1 Å². The van der Waals surface area contributed by atoms with Crippen LogP contribution in [0.1, 0.15) is 38.2 Å². The molecular formula is C24H29N3O3. The van der Waals surface area contributed by atoms with Gasteiger partial charge < -0.3 is 19.9 Å². The third-order valence-corrected chi connectivity index (χ3v) is 6.25. The summed E-state index contributed by atoms with van der Waals surface area (Å²) in [5.41, 5.74) is 2.60. The van der Waals surface area contributed by atoms with Crippen LogP contribution >= 0.6 is 0 Å². The van der Waals surface area contributed by atoms with Gasteiger partial charge in [-0.05, 0) is 43.0 Å². The summed E-state index contributed by atoms with van der Waals surface area (Å²) in [6, 6.07) is 15.8. The lowest BCUT2D eigenvalue weighted by Gasteiger charge is -2.41. The molecule has 1 atom stereocenters. The molecule has 0 saturated carbocycles. The number of piperidine rings is 1. The van der Waals surface area contributed by atoms with Gasteiger partial charge in [0.15, 0.2) is 0 Å². The van der Waals surface area contributed by atoms with E-state index in [4.69, 9.17) is 4.74 Å². The zero-order chi connectivity index (χ0) is 21.1. The fourth-order valence-corrected chi connectivity index (χ4v) is 4.57. The van der Waals surface area contributed by atoms with Crippen LogP contribution in [0.4, 0.5) is 16.2 Å². The first-order valence-corrected chi connectivity index (χ1v) is 10.6. The fourth-order valence-electron chi connectivity index (χ4n) is 4.57. The van der Waals surface area contributed by atoms with Gasteiger partial charge in [-0.3, -0.25) is 4.79 Å². The zero-order valence-electron chi connectivity index (χ0n) is 17.7. The Hall–Kier alpha value is -3.02. The number of benzene rings is 2. The summed E-state index contributed by atoms with van der Waals surface area (Å²) in [7, 11) is 1.59. The number of ether oxygens (including phenoxy) is 1. The number of carbonyl (C=O) groups excluding carboxylic acids is 2. The maximum absolute atomic E-state index is 13.0. The zero-order valence-corrected chi connectivity index (χ0v) is 17.7. The predicted octanol–water partition coefficient (Wildman–Crippen LogP) is 4.41. The van der Waals surface area contributed by atoms with Crippen molar-refractivity contribution in [2.45, 2.75) is 38.0 Å². The lowest BCUT2D eigenvalue weighted by molar-refractivity contribution is -0.117. The van der Waals surface area contributed by atoms with E-state index in [0.29, 0.717) is 36.6 Å². The Morgan fingerprint density at radius 2 is 1.90 bits per heavy atom. The number of urea groups is 1. The van der Waals surface area contributed by atoms with Gasteiger partial charge in [0.05, 0.1) is 12.8 Å². The monoisotopic (exact) mass is 407 g/mol. The third kappa shape index (κ3) is 3.99. The largest absolute Gasteiger partial charge is 0.495 e. The summed E-state index contributed by atoms with van der Waals surface area (Å²) in [6.07, 6.45) is 3.41. The standard InChI is InChI=1S/C24H29N3O3/c1-24(18-8-4-3-5-9-18)13-7-14-26(17-24)23(29)25-19-11-12-21(30-2)20(16-19)27-15-6-10-22(27)28/h3-5,8-9,11-12,16H,6-7,10,13-15,17H2,1-2H3,(H,25,29). The van der Waals surface area contributed by atoms with Crippen LogP contribution in [0.5, 0.6) is 5.75 Å². The smallest absolute Gasteiger partial charge is 0.321 e. The molecule has 2 aromatic carbocycles. The van der Waals surface area contributed by atoms with E-state index in [2.05, 4.69) is 36.5 Å². The second-order valence-electron chi connectivity index (χ2n) is 8.42. The topological polar surface area (TPSA) is 61.9 Å². The van der Waals surface area contributed by atoms with E-state index < -0.39 is 0 Å². The number of hydrogen-bond donors (Lipinski definition) is 1. The van der Waals surface area contributed by atoms with Gasteiger partial charge in [-0.2, -0.15) is 0 Å². The minimum Gasteiger partial charge on any atom is -0.495 e. The Kier molecular flexibility index (Phi) is 5.66. The van der Waals surface area contributed by atoms with Crippen molar-refractivity contribution in [1.29, 1.82) is 0 Å². The molecule has 2 fully saturated rings. The van der Waals surface area contributed by atoms with E-state index in [0.717, 1.165) is 25.8 Å². The SMILES string of the molecule is COc1ccc(NC(=O)N2CCCC(C)(c3ccccc3)C2)cc1N1CCCC1=O. The van der Waals surface area contributed by atoms with Crippen molar-refractivity contribution in [1.82, 2.24) is 4.90 Å². The van der Waals surface area contributed by atoms with Crippen LogP contribution in [-0.4, -0.2) is 43.6 Å². The average molecular weight is 408 g/mol. The van der Waals surface area contributed by atoms with Crippen molar-refractivity contribution >= 4 is 23.3 Å². The normalized spacial score (nSPS) is 21.6. The van der Waals surface area contributed by atoms with E-state index >= 15 is 0 Å². The van der Waals surface area contributed by atoms with Gasteiger partial charge in [0.1, 0.15) is 5.75 Å². The number of nitrogens with one attached hydrogen (secondary N) is 1. The molecular weight excluding hydrogens is 378 g/mol. The molecule has 1 N–H and O–H groups in total. The number of carbonyl (C=O) groups is 2. The number of hydrogen-bond acceptors (Lipinski definition) is 3. The van der Waals surface area contributed by atoms with E-state index in [9.17, 15) is 9.59 Å². The minimum absolute atomic E-state index is 0.0517. The van der Waals surface area contributed by atoms with Crippen molar-refractivity contribution in [3.63, 3.8) is 0 Å². The van der Waals surface area contributed by atoms with E-state index in [1.165, 1.54) is 5.56 Å². The first kappa shape index (κ1) is 20.3. The summed E-state index contributed by atoms with van der Waals surface area (Å²) in [5, 5.41) is 3.02. The van der Waals surface area contributed by atoms with Gasteiger partial charge in [0.25, 0.3) is 0 Å². The summed E-state index contributed by atoms with van der Waals surface area (Å²) in [5.74, 6) is 0.726. The highest BCUT2D eigenvalue weighted by molar-refractivity contribution is 5.98. The predicted molar refractivity (Wildman–Crippen MR) is 118 cm³/mol. The lowest BCUT2D eigenvalue weighted by Crippen LogP contribution is -2.48. The summed E-state index contributed by atoms with van der Waals surface area (Å²) in [4.78, 5) is 28.9. The average Bonchev–Trinajstić information content (AvgIpc) is 3.20. The summed E-state index contributed by atoms with van der Waals surface area (Å²) in [6.45, 7) is 4.32. The first-order valence-electron chi connectivity index (χ1n) is 10.6. The second kappa shape index (κ2) is 8.38. The van der Waals surface area contributed by atoms with Crippen molar-refractivity contribution in [2.75, 3.05) is 37.0 Å². The molecule has 0 bridgehead atoms. The summed E-state index contributed by atoms with van der Waals surface area (Å²) < 4.78 is 5.44. The van der Waals surface area contributed by atoms with Crippen LogP contribution in [-0.2, 0) is 10.2 Å². The molecule has 2 saturated heterocycles. The van der Waals surface area contributed by atoms with Crippen LogP contribution in [0, 0.1) is 0 Å². The number of likely N-dealkylation sites (tertiary alicyclic amines) is 1. The van der Waals surface area contributed by atoms with Gasteiger partial charge >= 0.3 is 6.03 Å². The molecule has 0 spiro atoms. The van der Waals surface area contributed by atoms with E-state index in [-0.39, 0.29) is 17.4 Å². The summed E-state index contributed by atoms with van der Waals surface area (Å²) >= 11 is 0. The molecule has 2 heterocycles. The molecule has 2 aliphatic heterocycles. The number of anilines is 2. The Balaban J connectivity index is 1.50. The van der Waals surface area contributed by atoms with Crippen molar-refractivity contribution in [3.05, 3.63) is 54.1 Å². The molecule has 0 aromatic heterocycles. The van der Waals surface area contributed by atoms with Gasteiger partial charge in [-0.25, -0.2) is 4.79 Å². The Morgan fingerprint density at radius 1 is 1.10 bits per heavy atom. The highest BCUT2D eigenvalue weighted by Gasteiger charge is 2.34. The molecule has 2 aromatic rings. The number of rotatable bonds is 4. The minimum atomic E-state index is -0.110. The van der Waals surface area contributed by atoms with Crippen LogP contribution in [0.3, 0.4) is 0 Å². The van der Waals surface area contributed by atoms with Crippen molar-refractivity contribution in [2.24, 2.45) is 0 Å². The van der Waals surface area contributed by atoms with Gasteiger partial charge in [-0.1, -0.05) is 37.3 Å². The lowest BCUT2D eigenvalue weighted by atomic mass is 9.76.